The Morgan fingerprint density at radius 2 is 2.13 bits per heavy atom. The molecule has 0 radical (unpaired) electrons. The summed E-state index contributed by atoms with van der Waals surface area (Å²) in [6, 6.07) is 4.02. The SMILES string of the molecule is CCc1cc(O)ccc1CC(N)C(=O)O. The van der Waals surface area contributed by atoms with Crippen molar-refractivity contribution in [3.63, 3.8) is 0 Å². The Hall–Kier alpha value is -1.55. The van der Waals surface area contributed by atoms with Crippen LogP contribution in [0.4, 0.5) is 0 Å². The molecule has 0 aliphatic carbocycles. The van der Waals surface area contributed by atoms with Crippen LogP contribution in [0.1, 0.15) is 18.1 Å². The average molecular weight is 209 g/mol. The van der Waals surface area contributed by atoms with E-state index in [0.717, 1.165) is 17.5 Å². The number of phenols is 1. The molecule has 82 valence electrons. The molecule has 4 heteroatoms. The number of benzene rings is 1. The summed E-state index contributed by atoms with van der Waals surface area (Å²) in [6.45, 7) is 1.95. The fourth-order valence-electron chi connectivity index (χ4n) is 1.46. The lowest BCUT2D eigenvalue weighted by Crippen LogP contribution is -2.32. The van der Waals surface area contributed by atoms with E-state index in [1.807, 2.05) is 6.92 Å². The third-order valence-electron chi connectivity index (χ3n) is 2.33. The van der Waals surface area contributed by atoms with Gasteiger partial charge in [0.25, 0.3) is 0 Å². The summed E-state index contributed by atoms with van der Waals surface area (Å²) in [6.07, 6.45) is 1.04. The number of carbonyl (C=O) groups is 1. The second-order valence-electron chi connectivity index (χ2n) is 3.46. The summed E-state index contributed by atoms with van der Waals surface area (Å²) < 4.78 is 0. The van der Waals surface area contributed by atoms with Crippen molar-refractivity contribution in [1.29, 1.82) is 0 Å². The van der Waals surface area contributed by atoms with Crippen molar-refractivity contribution in [2.45, 2.75) is 25.8 Å². The van der Waals surface area contributed by atoms with Crippen LogP contribution in [-0.2, 0) is 17.6 Å². The normalized spacial score (nSPS) is 12.4. The minimum Gasteiger partial charge on any atom is -0.508 e. The van der Waals surface area contributed by atoms with Crippen molar-refractivity contribution in [3.05, 3.63) is 29.3 Å². The molecular formula is C11H15NO3. The Bertz CT molecular complexity index is 363. The number of carboxylic acid groups (broad SMARTS) is 1. The zero-order valence-corrected chi connectivity index (χ0v) is 8.60. The molecule has 0 spiro atoms. The number of aryl methyl sites for hydroxylation is 1. The first kappa shape index (κ1) is 11.5. The second-order valence-corrected chi connectivity index (χ2v) is 3.46. The summed E-state index contributed by atoms with van der Waals surface area (Å²) in [7, 11) is 0. The number of hydrogen-bond acceptors (Lipinski definition) is 3. The summed E-state index contributed by atoms with van der Waals surface area (Å²) >= 11 is 0. The van der Waals surface area contributed by atoms with Crippen molar-refractivity contribution >= 4 is 5.97 Å². The zero-order chi connectivity index (χ0) is 11.4. The second kappa shape index (κ2) is 4.79. The topological polar surface area (TPSA) is 83.5 Å². The largest absolute Gasteiger partial charge is 0.508 e. The Morgan fingerprint density at radius 1 is 1.47 bits per heavy atom. The molecule has 0 saturated carbocycles. The van der Waals surface area contributed by atoms with E-state index in [2.05, 4.69) is 0 Å². The quantitative estimate of drug-likeness (QED) is 0.688. The highest BCUT2D eigenvalue weighted by atomic mass is 16.4. The van der Waals surface area contributed by atoms with Crippen LogP contribution in [-0.4, -0.2) is 22.2 Å². The Balaban J connectivity index is 2.89. The molecule has 0 amide bonds. The lowest BCUT2D eigenvalue weighted by atomic mass is 9.99. The number of carboxylic acids is 1. The van der Waals surface area contributed by atoms with Gasteiger partial charge in [-0.05, 0) is 36.1 Å². The van der Waals surface area contributed by atoms with Crippen LogP contribution in [0, 0.1) is 0 Å². The van der Waals surface area contributed by atoms with E-state index in [4.69, 9.17) is 10.8 Å². The van der Waals surface area contributed by atoms with Crippen molar-refractivity contribution in [2.24, 2.45) is 5.73 Å². The molecule has 1 aromatic carbocycles. The highest BCUT2D eigenvalue weighted by Crippen LogP contribution is 2.18. The van der Waals surface area contributed by atoms with Gasteiger partial charge in [-0.25, -0.2) is 0 Å². The van der Waals surface area contributed by atoms with Gasteiger partial charge >= 0.3 is 5.97 Å². The minimum atomic E-state index is -1.01. The fourth-order valence-corrected chi connectivity index (χ4v) is 1.46. The molecule has 0 bridgehead atoms. The summed E-state index contributed by atoms with van der Waals surface area (Å²) in [4.78, 5) is 10.6. The molecule has 0 heterocycles. The van der Waals surface area contributed by atoms with Gasteiger partial charge in [-0.15, -0.1) is 0 Å². The number of rotatable bonds is 4. The fraction of sp³-hybridized carbons (Fsp3) is 0.364. The maximum Gasteiger partial charge on any atom is 0.320 e. The molecule has 0 aliphatic heterocycles. The molecule has 4 nitrogen and oxygen atoms in total. The monoisotopic (exact) mass is 209 g/mol. The molecule has 0 fully saturated rings. The predicted octanol–water partition coefficient (Wildman–Crippen LogP) is 0.909. The maximum atomic E-state index is 10.6. The van der Waals surface area contributed by atoms with Crippen LogP contribution in [0.15, 0.2) is 18.2 Å². The molecule has 1 rings (SSSR count). The standard InChI is InChI=1S/C11H15NO3/c1-2-7-5-9(13)4-3-8(7)6-10(12)11(14)15/h3-5,10,13H,2,6,12H2,1H3,(H,14,15). The Kier molecular flexibility index (Phi) is 3.68. The molecule has 1 atom stereocenters. The van der Waals surface area contributed by atoms with Crippen molar-refractivity contribution in [1.82, 2.24) is 0 Å². The number of hydrogen-bond donors (Lipinski definition) is 3. The van der Waals surface area contributed by atoms with E-state index in [9.17, 15) is 9.90 Å². The minimum absolute atomic E-state index is 0.194. The van der Waals surface area contributed by atoms with Crippen molar-refractivity contribution in [3.8, 4) is 5.75 Å². The van der Waals surface area contributed by atoms with E-state index >= 15 is 0 Å². The van der Waals surface area contributed by atoms with Gasteiger partial charge in [-0.2, -0.15) is 0 Å². The lowest BCUT2D eigenvalue weighted by molar-refractivity contribution is -0.138. The van der Waals surface area contributed by atoms with Crippen molar-refractivity contribution < 1.29 is 15.0 Å². The molecule has 4 N–H and O–H groups in total. The molecular weight excluding hydrogens is 194 g/mol. The summed E-state index contributed by atoms with van der Waals surface area (Å²) in [5, 5.41) is 18.0. The first-order chi connectivity index (χ1) is 7.04. The zero-order valence-electron chi connectivity index (χ0n) is 8.60. The molecule has 1 unspecified atom stereocenters. The molecule has 0 aliphatic rings. The van der Waals surface area contributed by atoms with Crippen LogP contribution in [0.5, 0.6) is 5.75 Å². The summed E-state index contributed by atoms with van der Waals surface area (Å²) in [5.41, 5.74) is 7.26. The van der Waals surface area contributed by atoms with Gasteiger partial charge in [-0.1, -0.05) is 13.0 Å². The predicted molar refractivity (Wildman–Crippen MR) is 56.8 cm³/mol. The van der Waals surface area contributed by atoms with Crippen LogP contribution in [0.3, 0.4) is 0 Å². The number of nitrogens with two attached hydrogens (primary N) is 1. The van der Waals surface area contributed by atoms with Gasteiger partial charge in [0.2, 0.25) is 0 Å². The number of phenolic OH excluding ortho intramolecular Hbond substituents is 1. The van der Waals surface area contributed by atoms with Gasteiger partial charge in [0.1, 0.15) is 11.8 Å². The van der Waals surface area contributed by atoms with Gasteiger partial charge in [-0.3, -0.25) is 4.79 Å². The van der Waals surface area contributed by atoms with Crippen LogP contribution >= 0.6 is 0 Å². The average Bonchev–Trinajstić information content (AvgIpc) is 2.20. The smallest absolute Gasteiger partial charge is 0.320 e. The number of aliphatic carboxylic acids is 1. The van der Waals surface area contributed by atoms with Crippen molar-refractivity contribution in [2.75, 3.05) is 0 Å². The van der Waals surface area contributed by atoms with E-state index in [-0.39, 0.29) is 5.75 Å². The number of aromatic hydroxyl groups is 1. The summed E-state index contributed by atoms with van der Waals surface area (Å²) in [5.74, 6) is -0.815. The third kappa shape index (κ3) is 2.95. The van der Waals surface area contributed by atoms with E-state index in [1.165, 1.54) is 0 Å². The van der Waals surface area contributed by atoms with Crippen LogP contribution in [0.25, 0.3) is 0 Å². The van der Waals surface area contributed by atoms with E-state index in [0.29, 0.717) is 6.42 Å². The van der Waals surface area contributed by atoms with Gasteiger partial charge < -0.3 is 15.9 Å². The van der Waals surface area contributed by atoms with E-state index in [1.54, 1.807) is 18.2 Å². The molecule has 1 aromatic rings. The third-order valence-corrected chi connectivity index (χ3v) is 2.33. The molecule has 0 aromatic heterocycles. The first-order valence-electron chi connectivity index (χ1n) is 4.83. The van der Waals surface area contributed by atoms with E-state index < -0.39 is 12.0 Å². The Labute approximate surface area is 88.3 Å². The maximum absolute atomic E-state index is 10.6. The van der Waals surface area contributed by atoms with Gasteiger partial charge in [0.05, 0.1) is 0 Å². The van der Waals surface area contributed by atoms with Gasteiger partial charge in [0.15, 0.2) is 0 Å². The lowest BCUT2D eigenvalue weighted by Gasteiger charge is -2.11. The molecule has 15 heavy (non-hydrogen) atoms. The first-order valence-corrected chi connectivity index (χ1v) is 4.83. The molecule has 0 saturated heterocycles. The highest BCUT2D eigenvalue weighted by molar-refractivity contribution is 5.73. The van der Waals surface area contributed by atoms with Gasteiger partial charge in [0, 0.05) is 0 Å². The Morgan fingerprint density at radius 3 is 2.67 bits per heavy atom. The highest BCUT2D eigenvalue weighted by Gasteiger charge is 2.14. The van der Waals surface area contributed by atoms with Crippen LogP contribution in [0.2, 0.25) is 0 Å². The van der Waals surface area contributed by atoms with Crippen LogP contribution < -0.4 is 5.73 Å².